The summed E-state index contributed by atoms with van der Waals surface area (Å²) in [4.78, 5) is 42.1. The molecule has 1 aliphatic heterocycles. The summed E-state index contributed by atoms with van der Waals surface area (Å²) in [6.07, 6.45) is 6.06. The molecule has 0 spiro atoms. The highest BCUT2D eigenvalue weighted by Crippen LogP contribution is 2.32. The lowest BCUT2D eigenvalue weighted by Gasteiger charge is -2.40. The Hall–Kier alpha value is -4.09. The van der Waals surface area contributed by atoms with Crippen LogP contribution >= 0.6 is 11.3 Å². The SMILES string of the molecule is CCCC(Oc1ccc2ccc(=O)n(COC(=O)NCCCCCCCC(=O)OC(C)(C)C)c2c1)N1CCN(c2cccc3sccc23)CC1. The fourth-order valence-corrected chi connectivity index (χ4v) is 7.19. The normalized spacial score (nSPS) is 14.5. The lowest BCUT2D eigenvalue weighted by Crippen LogP contribution is -2.52. The molecule has 0 aliphatic carbocycles. The van der Waals surface area contributed by atoms with Crippen molar-refractivity contribution in [3.63, 3.8) is 0 Å². The van der Waals surface area contributed by atoms with Crippen LogP contribution in [0.4, 0.5) is 10.5 Å². The fourth-order valence-electron chi connectivity index (χ4n) is 6.38. The number of hydrogen-bond donors (Lipinski definition) is 1. The summed E-state index contributed by atoms with van der Waals surface area (Å²) in [5.41, 5.74) is 1.24. The smallest absolute Gasteiger partial charge is 0.408 e. The maximum absolute atomic E-state index is 12.9. The lowest BCUT2D eigenvalue weighted by molar-refractivity contribution is -0.154. The van der Waals surface area contributed by atoms with Gasteiger partial charge in [-0.25, -0.2) is 4.79 Å². The van der Waals surface area contributed by atoms with Crippen LogP contribution in [0, 0.1) is 0 Å². The highest BCUT2D eigenvalue weighted by Gasteiger charge is 2.26. The Morgan fingerprint density at radius 3 is 2.48 bits per heavy atom. The zero-order chi connectivity index (χ0) is 35.5. The molecule has 3 heterocycles. The highest BCUT2D eigenvalue weighted by molar-refractivity contribution is 7.17. The highest BCUT2D eigenvalue weighted by atomic mass is 32.1. The number of anilines is 1. The van der Waals surface area contributed by atoms with Crippen molar-refractivity contribution in [3.05, 3.63) is 70.3 Å². The van der Waals surface area contributed by atoms with Gasteiger partial charge in [0.05, 0.1) is 5.52 Å². The van der Waals surface area contributed by atoms with Gasteiger partial charge in [-0.15, -0.1) is 11.3 Å². The molecule has 50 heavy (non-hydrogen) atoms. The number of nitrogens with one attached hydrogen (secondary N) is 1. The van der Waals surface area contributed by atoms with Crippen LogP contribution in [0.1, 0.15) is 79.1 Å². The largest absolute Gasteiger partial charge is 0.475 e. The molecule has 1 aliphatic rings. The predicted molar refractivity (Wildman–Crippen MR) is 201 cm³/mol. The number of hydrogen-bond acceptors (Lipinski definition) is 9. The Bertz CT molecular complexity index is 1770. The van der Waals surface area contributed by atoms with Crippen LogP contribution in [0.15, 0.2) is 64.8 Å². The number of esters is 1. The second kappa shape index (κ2) is 17.7. The van der Waals surface area contributed by atoms with E-state index in [-0.39, 0.29) is 24.5 Å². The van der Waals surface area contributed by atoms with Crippen molar-refractivity contribution >= 4 is 50.1 Å². The quantitative estimate of drug-likeness (QED) is 0.0928. The molecule has 1 unspecified atom stereocenters. The first-order chi connectivity index (χ1) is 24.1. The molecule has 10 nitrogen and oxygen atoms in total. The Labute approximate surface area is 299 Å². The Morgan fingerprint density at radius 1 is 0.940 bits per heavy atom. The molecule has 270 valence electrons. The standard InChI is InChI=1S/C39H52N4O6S/c1-5-12-36(42-24-22-41(23-25-42)32-13-11-14-34-31(32)20-26-50-34)48-30-18-16-29-17-19-35(44)43(33(29)27-30)28-47-38(46)40-21-10-8-6-7-9-15-37(45)49-39(2,3)4/h11,13-14,16-20,26-27,36H,5-10,12,15,21-25,28H2,1-4H3,(H,40,46). The number of ether oxygens (including phenoxy) is 3. The molecule has 2 aromatic heterocycles. The molecule has 0 bridgehead atoms. The average Bonchev–Trinajstić information content (AvgIpc) is 3.57. The molecule has 11 heteroatoms. The van der Waals surface area contributed by atoms with Crippen molar-refractivity contribution in [2.45, 2.75) is 97.6 Å². The summed E-state index contributed by atoms with van der Waals surface area (Å²) in [5.74, 6) is 0.515. The zero-order valence-electron chi connectivity index (χ0n) is 29.9. The van der Waals surface area contributed by atoms with Gasteiger partial charge in [-0.05, 0) is 87.2 Å². The number of carbonyl (C=O) groups excluding carboxylic acids is 2. The van der Waals surface area contributed by atoms with Gasteiger partial charge in [0, 0.05) is 67.1 Å². The third kappa shape index (κ3) is 10.5. The van der Waals surface area contributed by atoms with Crippen molar-refractivity contribution in [3.8, 4) is 5.75 Å². The number of unbranched alkanes of at least 4 members (excludes halogenated alkanes) is 4. The van der Waals surface area contributed by atoms with Gasteiger partial charge in [-0.2, -0.15) is 0 Å². The van der Waals surface area contributed by atoms with Crippen molar-refractivity contribution in [2.75, 3.05) is 37.6 Å². The number of pyridine rings is 1. The number of thiophene rings is 1. The molecule has 1 atom stereocenters. The Balaban J connectivity index is 1.10. The van der Waals surface area contributed by atoms with Gasteiger partial charge in [-0.3, -0.25) is 19.1 Å². The van der Waals surface area contributed by atoms with E-state index in [1.165, 1.54) is 26.4 Å². The van der Waals surface area contributed by atoms with Crippen molar-refractivity contribution in [2.24, 2.45) is 0 Å². The van der Waals surface area contributed by atoms with E-state index in [0.717, 1.165) is 76.5 Å². The minimum Gasteiger partial charge on any atom is -0.475 e. The van der Waals surface area contributed by atoms with Crippen LogP contribution in [-0.4, -0.2) is 66.1 Å². The number of amides is 1. The molecule has 1 N–H and O–H groups in total. The fraction of sp³-hybridized carbons (Fsp3) is 0.513. The van der Waals surface area contributed by atoms with E-state index in [9.17, 15) is 14.4 Å². The molecular formula is C39H52N4O6S. The van der Waals surface area contributed by atoms with E-state index in [4.69, 9.17) is 14.2 Å². The summed E-state index contributed by atoms with van der Waals surface area (Å²) in [7, 11) is 0. The van der Waals surface area contributed by atoms with E-state index in [0.29, 0.717) is 24.2 Å². The third-order valence-electron chi connectivity index (χ3n) is 8.88. The van der Waals surface area contributed by atoms with Gasteiger partial charge in [0.2, 0.25) is 0 Å². The molecule has 1 fully saturated rings. The summed E-state index contributed by atoms with van der Waals surface area (Å²) in [6.45, 7) is 11.7. The van der Waals surface area contributed by atoms with Crippen molar-refractivity contribution in [1.82, 2.24) is 14.8 Å². The van der Waals surface area contributed by atoms with Gasteiger partial charge in [0.1, 0.15) is 11.4 Å². The second-order valence-electron chi connectivity index (χ2n) is 13.9. The number of carbonyl (C=O) groups is 2. The molecule has 1 saturated heterocycles. The van der Waals surface area contributed by atoms with Crippen LogP contribution in [0.3, 0.4) is 0 Å². The van der Waals surface area contributed by atoms with Gasteiger partial charge in [-0.1, -0.05) is 38.7 Å². The summed E-state index contributed by atoms with van der Waals surface area (Å²) < 4.78 is 20.2. The minimum atomic E-state index is -0.566. The molecule has 0 radical (unpaired) electrons. The molecule has 0 saturated carbocycles. The van der Waals surface area contributed by atoms with Crippen LogP contribution in [-0.2, 0) is 21.0 Å². The number of alkyl carbamates (subject to hydrolysis) is 1. The van der Waals surface area contributed by atoms with Gasteiger partial charge >= 0.3 is 12.1 Å². The maximum Gasteiger partial charge on any atom is 0.408 e. The van der Waals surface area contributed by atoms with Crippen molar-refractivity contribution < 1.29 is 23.8 Å². The number of nitrogens with zero attached hydrogens (tertiary/aromatic N) is 3. The molecule has 4 aromatic rings. The van der Waals surface area contributed by atoms with Crippen LogP contribution in [0.2, 0.25) is 0 Å². The minimum absolute atomic E-state index is 0.0903. The first kappa shape index (κ1) is 37.2. The Morgan fingerprint density at radius 2 is 1.70 bits per heavy atom. The third-order valence-corrected chi connectivity index (χ3v) is 9.76. The van der Waals surface area contributed by atoms with E-state index in [2.05, 4.69) is 51.7 Å². The second-order valence-corrected chi connectivity index (χ2v) is 14.9. The van der Waals surface area contributed by atoms with Crippen LogP contribution < -0.4 is 20.5 Å². The number of piperazine rings is 1. The first-order valence-electron chi connectivity index (χ1n) is 18.0. The Kier molecular flexibility index (Phi) is 13.2. The molecule has 2 aromatic carbocycles. The zero-order valence-corrected chi connectivity index (χ0v) is 30.8. The molecule has 5 rings (SSSR count). The molecule has 1 amide bonds. The lowest BCUT2D eigenvalue weighted by atomic mass is 10.1. The van der Waals surface area contributed by atoms with E-state index < -0.39 is 11.7 Å². The predicted octanol–water partition coefficient (Wildman–Crippen LogP) is 7.91. The van der Waals surface area contributed by atoms with Gasteiger partial charge < -0.3 is 24.4 Å². The molecular weight excluding hydrogens is 653 g/mol. The number of fused-ring (bicyclic) bond motifs is 2. The van der Waals surface area contributed by atoms with Gasteiger partial charge in [0.25, 0.3) is 5.56 Å². The van der Waals surface area contributed by atoms with E-state index >= 15 is 0 Å². The van der Waals surface area contributed by atoms with Crippen LogP contribution in [0.5, 0.6) is 5.75 Å². The maximum atomic E-state index is 12.9. The topological polar surface area (TPSA) is 102 Å². The average molecular weight is 705 g/mol. The summed E-state index contributed by atoms with van der Waals surface area (Å²) in [6, 6.07) is 17.8. The van der Waals surface area contributed by atoms with Gasteiger partial charge in [0.15, 0.2) is 13.0 Å². The number of aromatic nitrogens is 1. The summed E-state index contributed by atoms with van der Waals surface area (Å²) in [5, 5.41) is 7.11. The summed E-state index contributed by atoms with van der Waals surface area (Å²) >= 11 is 1.78. The first-order valence-corrected chi connectivity index (χ1v) is 18.9. The van der Waals surface area contributed by atoms with E-state index in [1.807, 2.05) is 39.0 Å². The van der Waals surface area contributed by atoms with Crippen molar-refractivity contribution in [1.29, 1.82) is 0 Å². The van der Waals surface area contributed by atoms with E-state index in [1.54, 1.807) is 17.4 Å². The monoisotopic (exact) mass is 704 g/mol. The van der Waals surface area contributed by atoms with Crippen LogP contribution in [0.25, 0.3) is 21.0 Å². The number of rotatable bonds is 16. The number of benzene rings is 2.